The van der Waals surface area contributed by atoms with E-state index in [1.165, 1.54) is 0 Å². The summed E-state index contributed by atoms with van der Waals surface area (Å²) in [4.78, 5) is 10.7. The molecule has 0 radical (unpaired) electrons. The Morgan fingerprint density at radius 3 is 2.27 bits per heavy atom. The van der Waals surface area contributed by atoms with Gasteiger partial charge in [-0.15, -0.1) is 0 Å². The fraction of sp³-hybridized carbons (Fsp3) is 0.889. The van der Waals surface area contributed by atoms with Crippen molar-refractivity contribution in [1.82, 2.24) is 5.32 Å². The highest BCUT2D eigenvalue weighted by molar-refractivity contribution is 7.47. The van der Waals surface area contributed by atoms with E-state index in [4.69, 9.17) is 14.2 Å². The molecule has 0 spiro atoms. The summed E-state index contributed by atoms with van der Waals surface area (Å²) >= 11 is 0. The first-order valence-electron chi connectivity index (χ1n) is 5.09. The Labute approximate surface area is 92.1 Å². The van der Waals surface area contributed by atoms with Crippen LogP contribution in [0.4, 0.5) is 0 Å². The zero-order valence-electron chi connectivity index (χ0n) is 9.52. The van der Waals surface area contributed by atoms with Crippen LogP contribution in [0.15, 0.2) is 0 Å². The van der Waals surface area contributed by atoms with Gasteiger partial charge in [-0.3, -0.25) is 4.79 Å². The van der Waals surface area contributed by atoms with E-state index in [9.17, 15) is 4.79 Å². The van der Waals surface area contributed by atoms with E-state index in [0.717, 1.165) is 0 Å². The van der Waals surface area contributed by atoms with Gasteiger partial charge in [0.1, 0.15) is 6.04 Å². The molecule has 1 unspecified atom stereocenters. The Morgan fingerprint density at radius 2 is 1.93 bits per heavy atom. The summed E-state index contributed by atoms with van der Waals surface area (Å²) in [5, 5.41) is 11.5. The van der Waals surface area contributed by atoms with Crippen LogP contribution in [0.3, 0.4) is 0 Å². The average molecular weight is 237 g/mol. The van der Waals surface area contributed by atoms with E-state index in [-0.39, 0.29) is 0 Å². The lowest BCUT2D eigenvalue weighted by atomic mass is 10.2. The van der Waals surface area contributed by atoms with Crippen molar-refractivity contribution in [3.05, 3.63) is 0 Å². The summed E-state index contributed by atoms with van der Waals surface area (Å²) in [6.45, 7) is 5.01. The predicted molar refractivity (Wildman–Crippen MR) is 60.1 cm³/mol. The Balaban J connectivity index is 3.89. The first-order chi connectivity index (χ1) is 7.15. The van der Waals surface area contributed by atoms with Crippen LogP contribution in [0.1, 0.15) is 20.3 Å². The summed E-state index contributed by atoms with van der Waals surface area (Å²) in [6.07, 6.45) is 1.17. The maximum Gasteiger partial charge on any atom is 0.320 e. The molecule has 0 aliphatic carbocycles. The third kappa shape index (κ3) is 6.79. The van der Waals surface area contributed by atoms with Crippen LogP contribution < -0.4 is 5.32 Å². The van der Waals surface area contributed by atoms with Gasteiger partial charge in [0.2, 0.25) is 0 Å². The summed E-state index contributed by atoms with van der Waals surface area (Å²) in [6, 6.07) is -0.518. The molecule has 6 heteroatoms. The third-order valence-electron chi connectivity index (χ3n) is 1.79. The molecule has 90 valence electrons. The van der Waals surface area contributed by atoms with Crippen LogP contribution in [0.2, 0.25) is 0 Å². The van der Waals surface area contributed by atoms with Crippen molar-refractivity contribution in [1.29, 1.82) is 0 Å². The zero-order valence-corrected chi connectivity index (χ0v) is 10.4. The summed E-state index contributed by atoms with van der Waals surface area (Å²) in [7, 11) is 0.714. The van der Waals surface area contributed by atoms with Gasteiger partial charge in [0.25, 0.3) is 0 Å². The molecule has 0 amide bonds. The number of hydrogen-bond acceptors (Lipinski definition) is 4. The molecular weight excluding hydrogens is 217 g/mol. The van der Waals surface area contributed by atoms with Crippen LogP contribution in [0.5, 0.6) is 0 Å². The molecule has 0 bridgehead atoms. The minimum absolute atomic E-state index is 0.518. The molecule has 15 heavy (non-hydrogen) atoms. The Hall–Kier alpha value is -0.220. The monoisotopic (exact) mass is 237 g/mol. The van der Waals surface area contributed by atoms with E-state index >= 15 is 0 Å². The highest BCUT2D eigenvalue weighted by atomic mass is 31.2. The van der Waals surface area contributed by atoms with Crippen molar-refractivity contribution in [3.63, 3.8) is 0 Å². The molecule has 5 nitrogen and oxygen atoms in total. The smallest absolute Gasteiger partial charge is 0.320 e. The van der Waals surface area contributed by atoms with Gasteiger partial charge < -0.3 is 19.5 Å². The van der Waals surface area contributed by atoms with Crippen LogP contribution in [0.25, 0.3) is 0 Å². The number of carboxylic acids is 1. The molecule has 0 saturated carbocycles. The normalized spacial score (nSPS) is 13.1. The van der Waals surface area contributed by atoms with Gasteiger partial charge in [0.05, 0.1) is 13.2 Å². The topological polar surface area (TPSA) is 67.8 Å². The number of rotatable bonds is 9. The van der Waals surface area contributed by atoms with Crippen LogP contribution in [-0.2, 0) is 13.8 Å². The van der Waals surface area contributed by atoms with Gasteiger partial charge in [-0.2, -0.15) is 0 Å². The molecule has 2 N–H and O–H groups in total. The highest BCUT2D eigenvalue weighted by Crippen LogP contribution is 2.38. The maximum atomic E-state index is 10.7. The third-order valence-corrected chi connectivity index (χ3v) is 3.51. The van der Waals surface area contributed by atoms with Gasteiger partial charge in [-0.1, -0.05) is 0 Å². The number of carboxylic acid groups (broad SMARTS) is 1. The van der Waals surface area contributed by atoms with Crippen molar-refractivity contribution in [3.8, 4) is 0 Å². The molecule has 0 aromatic heterocycles. The molecule has 0 heterocycles. The Bertz CT molecular complexity index is 173. The minimum Gasteiger partial charge on any atom is -0.480 e. The second-order valence-corrected chi connectivity index (χ2v) is 4.49. The van der Waals surface area contributed by atoms with Gasteiger partial charge >= 0.3 is 5.97 Å². The molecule has 0 aliphatic rings. The molecule has 0 rings (SSSR count). The van der Waals surface area contributed by atoms with Crippen molar-refractivity contribution in [2.24, 2.45) is 0 Å². The van der Waals surface area contributed by atoms with Crippen molar-refractivity contribution >= 4 is 14.3 Å². The van der Waals surface area contributed by atoms with Gasteiger partial charge in [0, 0.05) is 6.16 Å². The number of aliphatic carboxylic acids is 1. The molecule has 0 aromatic carbocycles. The van der Waals surface area contributed by atoms with Crippen LogP contribution >= 0.6 is 8.38 Å². The maximum absolute atomic E-state index is 10.7. The molecule has 0 aromatic rings. The molecule has 0 aliphatic heterocycles. The van der Waals surface area contributed by atoms with E-state index < -0.39 is 20.4 Å². The van der Waals surface area contributed by atoms with Crippen molar-refractivity contribution in [2.75, 3.05) is 26.4 Å². The summed E-state index contributed by atoms with van der Waals surface area (Å²) in [5.41, 5.74) is 0. The fourth-order valence-electron chi connectivity index (χ4n) is 1.08. The van der Waals surface area contributed by atoms with Gasteiger partial charge in [-0.05, 0) is 27.3 Å². The number of hydrogen-bond donors (Lipinski definition) is 2. The number of likely N-dealkylation sites (N-methyl/N-ethyl adjacent to an activating group) is 1. The zero-order chi connectivity index (χ0) is 11.7. The Kier molecular flexibility index (Phi) is 8.91. The molecule has 0 fully saturated rings. The van der Waals surface area contributed by atoms with E-state index in [1.807, 2.05) is 13.8 Å². The molecule has 0 saturated heterocycles. The van der Waals surface area contributed by atoms with E-state index in [2.05, 4.69) is 5.32 Å². The van der Waals surface area contributed by atoms with Crippen molar-refractivity contribution in [2.45, 2.75) is 26.3 Å². The average Bonchev–Trinajstić information content (AvgIpc) is 2.18. The lowest BCUT2D eigenvalue weighted by Crippen LogP contribution is -2.34. The largest absolute Gasteiger partial charge is 0.480 e. The van der Waals surface area contributed by atoms with Crippen molar-refractivity contribution < 1.29 is 18.9 Å². The SMILES string of the molecule is CCOP(CCC(NC)C(=O)O)OCC. The van der Waals surface area contributed by atoms with Crippen LogP contribution in [0, 0.1) is 0 Å². The lowest BCUT2D eigenvalue weighted by molar-refractivity contribution is -0.139. The number of carbonyl (C=O) groups is 1. The molecular formula is C9H20NO4P. The Morgan fingerprint density at radius 1 is 1.40 bits per heavy atom. The lowest BCUT2D eigenvalue weighted by Gasteiger charge is -2.17. The predicted octanol–water partition coefficient (Wildman–Crippen LogP) is 1.43. The fourth-order valence-corrected chi connectivity index (χ4v) is 2.46. The second-order valence-electron chi connectivity index (χ2n) is 2.86. The quantitative estimate of drug-likeness (QED) is 0.594. The summed E-state index contributed by atoms with van der Waals surface area (Å²) < 4.78 is 10.8. The highest BCUT2D eigenvalue weighted by Gasteiger charge is 2.18. The van der Waals surface area contributed by atoms with E-state index in [1.54, 1.807) is 7.05 Å². The standard InChI is InChI=1S/C9H20NO4P/c1-4-13-15(14-5-2)7-6-8(10-3)9(11)12/h8,10H,4-7H2,1-3H3,(H,11,12). The second kappa shape index (κ2) is 9.04. The molecule has 1 atom stereocenters. The summed E-state index contributed by atoms with van der Waals surface area (Å²) in [5.74, 6) is -0.833. The van der Waals surface area contributed by atoms with Gasteiger partial charge in [-0.25, -0.2) is 0 Å². The van der Waals surface area contributed by atoms with Crippen LogP contribution in [-0.4, -0.2) is 43.5 Å². The number of nitrogens with one attached hydrogen (secondary N) is 1. The minimum atomic E-state index is -0.927. The first-order valence-corrected chi connectivity index (χ1v) is 6.45. The van der Waals surface area contributed by atoms with Gasteiger partial charge in [0.15, 0.2) is 8.38 Å². The van der Waals surface area contributed by atoms with E-state index in [0.29, 0.717) is 25.8 Å². The first kappa shape index (κ1) is 14.8.